The lowest BCUT2D eigenvalue weighted by molar-refractivity contribution is 0.0696. The lowest BCUT2D eigenvalue weighted by Crippen LogP contribution is -2.31. The Bertz CT molecular complexity index is 982. The molecule has 112 valence electrons. The molecule has 3 aromatic rings. The van der Waals surface area contributed by atoms with E-state index in [1.54, 1.807) is 12.1 Å². The van der Waals surface area contributed by atoms with Crippen LogP contribution in [0.5, 0.6) is 0 Å². The molecule has 0 aliphatic heterocycles. The van der Waals surface area contributed by atoms with Crippen molar-refractivity contribution in [3.63, 3.8) is 0 Å². The number of pyridine rings is 1. The zero-order valence-corrected chi connectivity index (χ0v) is 11.5. The molecule has 0 bridgehead atoms. The summed E-state index contributed by atoms with van der Waals surface area (Å²) in [7, 11) is 0. The maximum absolute atomic E-state index is 12.0. The predicted octanol–water partition coefficient (Wildman–Crippen LogP) is 0.733. The SMILES string of the molecule is Cc1nc2c(cc1C(=O)O)c(=O)[nH]c(=O)n2Cc1ccco1. The molecule has 0 spiro atoms. The van der Waals surface area contributed by atoms with E-state index in [0.717, 1.165) is 0 Å². The minimum absolute atomic E-state index is 0.0363. The Balaban J connectivity index is 2.32. The van der Waals surface area contributed by atoms with Gasteiger partial charge in [-0.15, -0.1) is 0 Å². The molecule has 0 radical (unpaired) electrons. The van der Waals surface area contributed by atoms with Crippen LogP contribution in [0.15, 0.2) is 38.5 Å². The fourth-order valence-electron chi connectivity index (χ4n) is 2.22. The number of aromatic amines is 1. The van der Waals surface area contributed by atoms with Crippen molar-refractivity contribution in [2.75, 3.05) is 0 Å². The Kier molecular flexibility index (Phi) is 3.13. The van der Waals surface area contributed by atoms with E-state index in [2.05, 4.69) is 9.97 Å². The predicted molar refractivity (Wildman–Crippen MR) is 76.1 cm³/mol. The highest BCUT2D eigenvalue weighted by Gasteiger charge is 2.16. The highest BCUT2D eigenvalue weighted by Crippen LogP contribution is 2.13. The van der Waals surface area contributed by atoms with Crippen LogP contribution in [0, 0.1) is 6.92 Å². The van der Waals surface area contributed by atoms with E-state index in [9.17, 15) is 14.4 Å². The maximum atomic E-state index is 12.0. The van der Waals surface area contributed by atoms with Crippen LogP contribution in [0.1, 0.15) is 21.8 Å². The zero-order chi connectivity index (χ0) is 15.9. The van der Waals surface area contributed by atoms with Gasteiger partial charge in [0, 0.05) is 0 Å². The van der Waals surface area contributed by atoms with Crippen molar-refractivity contribution in [3.8, 4) is 0 Å². The summed E-state index contributed by atoms with van der Waals surface area (Å²) < 4.78 is 6.42. The molecule has 8 heteroatoms. The van der Waals surface area contributed by atoms with Gasteiger partial charge in [0.15, 0.2) is 0 Å². The van der Waals surface area contributed by atoms with Crippen LogP contribution in [-0.2, 0) is 6.54 Å². The number of rotatable bonds is 3. The van der Waals surface area contributed by atoms with Gasteiger partial charge in [0.2, 0.25) is 0 Å². The molecule has 0 aliphatic carbocycles. The normalized spacial score (nSPS) is 11.0. The molecular weight excluding hydrogens is 290 g/mol. The number of aryl methyl sites for hydroxylation is 1. The number of hydrogen-bond donors (Lipinski definition) is 2. The topological polar surface area (TPSA) is 118 Å². The minimum atomic E-state index is -1.19. The van der Waals surface area contributed by atoms with Crippen molar-refractivity contribution < 1.29 is 14.3 Å². The van der Waals surface area contributed by atoms with Gasteiger partial charge in [0.1, 0.15) is 11.4 Å². The second-order valence-electron chi connectivity index (χ2n) is 4.72. The fraction of sp³-hybridized carbons (Fsp3) is 0.143. The molecule has 3 heterocycles. The van der Waals surface area contributed by atoms with Gasteiger partial charge in [0.25, 0.3) is 5.56 Å². The Morgan fingerprint density at radius 3 is 2.86 bits per heavy atom. The van der Waals surface area contributed by atoms with E-state index in [1.807, 2.05) is 0 Å². The number of hydrogen-bond acceptors (Lipinski definition) is 5. The lowest BCUT2D eigenvalue weighted by Gasteiger charge is -2.09. The molecule has 0 saturated carbocycles. The number of carboxylic acid groups (broad SMARTS) is 1. The summed E-state index contributed by atoms with van der Waals surface area (Å²) in [6.45, 7) is 1.59. The summed E-state index contributed by atoms with van der Waals surface area (Å²) in [5, 5.41) is 9.15. The fourth-order valence-corrected chi connectivity index (χ4v) is 2.22. The van der Waals surface area contributed by atoms with E-state index in [0.29, 0.717) is 5.76 Å². The highest BCUT2D eigenvalue weighted by atomic mass is 16.4. The van der Waals surface area contributed by atoms with Gasteiger partial charge in [-0.25, -0.2) is 14.6 Å². The molecule has 0 aromatic carbocycles. The van der Waals surface area contributed by atoms with Gasteiger partial charge >= 0.3 is 11.7 Å². The summed E-state index contributed by atoms with van der Waals surface area (Å²) in [4.78, 5) is 41.4. The third kappa shape index (κ3) is 2.20. The van der Waals surface area contributed by atoms with Crippen molar-refractivity contribution >= 4 is 17.0 Å². The van der Waals surface area contributed by atoms with E-state index < -0.39 is 17.2 Å². The number of carboxylic acids is 1. The second-order valence-corrected chi connectivity index (χ2v) is 4.72. The van der Waals surface area contributed by atoms with Crippen LogP contribution in [0.3, 0.4) is 0 Å². The molecule has 0 unspecified atom stereocenters. The molecule has 8 nitrogen and oxygen atoms in total. The van der Waals surface area contributed by atoms with E-state index in [4.69, 9.17) is 9.52 Å². The molecule has 0 aliphatic rings. The maximum Gasteiger partial charge on any atom is 0.337 e. The second kappa shape index (κ2) is 4.99. The first-order valence-corrected chi connectivity index (χ1v) is 6.37. The zero-order valence-electron chi connectivity index (χ0n) is 11.5. The van der Waals surface area contributed by atoms with Gasteiger partial charge < -0.3 is 9.52 Å². The summed E-state index contributed by atoms with van der Waals surface area (Å²) in [5.41, 5.74) is -1.05. The van der Waals surface area contributed by atoms with E-state index in [-0.39, 0.29) is 28.8 Å². The largest absolute Gasteiger partial charge is 0.478 e. The summed E-state index contributed by atoms with van der Waals surface area (Å²) in [6, 6.07) is 4.58. The summed E-state index contributed by atoms with van der Waals surface area (Å²) in [6.07, 6.45) is 1.47. The standard InChI is InChI=1S/C14H11N3O5/c1-7-9(13(19)20)5-10-11(15-7)17(14(21)16-12(10)18)6-8-3-2-4-22-8/h2-5H,6H2,1H3,(H,19,20)(H,16,18,21). The van der Waals surface area contributed by atoms with Crippen LogP contribution in [0.4, 0.5) is 0 Å². The molecule has 2 N–H and O–H groups in total. The Labute approximate surface area is 122 Å². The lowest BCUT2D eigenvalue weighted by atomic mass is 10.1. The number of fused-ring (bicyclic) bond motifs is 1. The minimum Gasteiger partial charge on any atom is -0.478 e. The van der Waals surface area contributed by atoms with Gasteiger partial charge in [0.05, 0.1) is 29.5 Å². The number of aromatic nitrogens is 3. The molecule has 0 amide bonds. The molecule has 0 saturated heterocycles. The first-order chi connectivity index (χ1) is 10.5. The molecule has 22 heavy (non-hydrogen) atoms. The number of nitrogens with one attached hydrogen (secondary N) is 1. The highest BCUT2D eigenvalue weighted by molar-refractivity contribution is 5.93. The van der Waals surface area contributed by atoms with Crippen LogP contribution >= 0.6 is 0 Å². The number of furan rings is 1. The molecule has 3 rings (SSSR count). The number of nitrogens with zero attached hydrogens (tertiary/aromatic N) is 2. The number of H-pyrrole nitrogens is 1. The molecule has 3 aromatic heterocycles. The average molecular weight is 301 g/mol. The summed E-state index contributed by atoms with van der Waals surface area (Å²) >= 11 is 0. The van der Waals surface area contributed by atoms with Crippen LogP contribution in [0.2, 0.25) is 0 Å². The first-order valence-electron chi connectivity index (χ1n) is 6.37. The van der Waals surface area contributed by atoms with E-state index in [1.165, 1.54) is 23.8 Å². The Hall–Kier alpha value is -3.16. The summed E-state index contributed by atoms with van der Waals surface area (Å²) in [5.74, 6) is -0.674. The Morgan fingerprint density at radius 2 is 2.23 bits per heavy atom. The third-order valence-electron chi connectivity index (χ3n) is 3.28. The number of aromatic carboxylic acids is 1. The van der Waals surface area contributed by atoms with Crippen molar-refractivity contribution in [2.45, 2.75) is 13.5 Å². The first kappa shape index (κ1) is 13.8. The van der Waals surface area contributed by atoms with Gasteiger partial charge in [-0.3, -0.25) is 14.3 Å². The monoisotopic (exact) mass is 301 g/mol. The van der Waals surface area contributed by atoms with Crippen molar-refractivity contribution in [2.24, 2.45) is 0 Å². The van der Waals surface area contributed by atoms with Crippen LogP contribution in [0.25, 0.3) is 11.0 Å². The van der Waals surface area contributed by atoms with Crippen LogP contribution in [-0.4, -0.2) is 25.6 Å². The van der Waals surface area contributed by atoms with Gasteiger partial charge in [-0.05, 0) is 25.1 Å². The van der Waals surface area contributed by atoms with Gasteiger partial charge in [-0.1, -0.05) is 0 Å². The molecule has 0 fully saturated rings. The van der Waals surface area contributed by atoms with Crippen molar-refractivity contribution in [1.82, 2.24) is 14.5 Å². The van der Waals surface area contributed by atoms with E-state index >= 15 is 0 Å². The Morgan fingerprint density at radius 1 is 1.45 bits per heavy atom. The van der Waals surface area contributed by atoms with Crippen LogP contribution < -0.4 is 11.2 Å². The molecule has 0 atom stereocenters. The third-order valence-corrected chi connectivity index (χ3v) is 3.28. The van der Waals surface area contributed by atoms with Crippen molar-refractivity contribution in [3.05, 3.63) is 62.3 Å². The van der Waals surface area contributed by atoms with Crippen molar-refractivity contribution in [1.29, 1.82) is 0 Å². The number of carbonyl (C=O) groups is 1. The van der Waals surface area contributed by atoms with Gasteiger partial charge in [-0.2, -0.15) is 0 Å². The average Bonchev–Trinajstić information content (AvgIpc) is 2.95. The quantitative estimate of drug-likeness (QED) is 0.736. The smallest absolute Gasteiger partial charge is 0.337 e. The molecular formula is C14H11N3O5.